The number of ether oxygens (including phenoxy) is 1. The molecular weight excluding hydrogens is 314 g/mol. The van der Waals surface area contributed by atoms with E-state index in [2.05, 4.69) is 16.0 Å². The first-order valence-corrected chi connectivity index (χ1v) is 7.89. The van der Waals surface area contributed by atoms with Gasteiger partial charge >= 0.3 is 6.03 Å². The zero-order chi connectivity index (χ0) is 15.8. The van der Waals surface area contributed by atoms with Crippen molar-refractivity contribution in [3.63, 3.8) is 0 Å². The first kappa shape index (κ1) is 14.5. The van der Waals surface area contributed by atoms with E-state index in [4.69, 9.17) is 16.3 Å². The third-order valence-corrected chi connectivity index (χ3v) is 4.43. The molecule has 0 aromatic heterocycles. The Morgan fingerprint density at radius 1 is 1.13 bits per heavy atom. The molecule has 2 aromatic rings. The number of carbonyl (C=O) groups is 1. The second-order valence-corrected chi connectivity index (χ2v) is 6.18. The lowest BCUT2D eigenvalue weighted by Crippen LogP contribution is -2.69. The summed E-state index contributed by atoms with van der Waals surface area (Å²) < 4.78 is 5.79. The van der Waals surface area contributed by atoms with Crippen LogP contribution in [0, 0.1) is 0 Å². The number of morpholine rings is 1. The number of carbonyl (C=O) groups excluding carboxylic acids is 1. The molecule has 5 nitrogen and oxygen atoms in total. The van der Waals surface area contributed by atoms with Crippen LogP contribution in [0.15, 0.2) is 48.5 Å². The molecule has 0 bridgehead atoms. The number of halogens is 1. The summed E-state index contributed by atoms with van der Waals surface area (Å²) in [6.45, 7) is 0.933. The standard InChI is InChI=1S/C17H16ClN3O2/c18-11-4-6-12(7-5-11)20-17(22)21-13-3-1-2-10(8-13)16-15-14(23-16)9-19-15/h1-8,14-16,19H,9H2,(H2,20,21,22)/t14-,15?,16-/m0/s1. The minimum absolute atomic E-state index is 0.0785. The maximum absolute atomic E-state index is 12.1. The number of benzene rings is 2. The van der Waals surface area contributed by atoms with E-state index < -0.39 is 0 Å². The molecule has 118 valence electrons. The largest absolute Gasteiger partial charge is 0.365 e. The van der Waals surface area contributed by atoms with Crippen molar-refractivity contribution in [2.75, 3.05) is 17.2 Å². The third kappa shape index (κ3) is 2.91. The van der Waals surface area contributed by atoms with Gasteiger partial charge < -0.3 is 20.7 Å². The molecule has 4 rings (SSSR count). The molecule has 2 amide bonds. The summed E-state index contributed by atoms with van der Waals surface area (Å²) in [5.41, 5.74) is 2.50. The molecule has 0 aliphatic carbocycles. The van der Waals surface area contributed by atoms with Crippen LogP contribution >= 0.6 is 11.6 Å². The van der Waals surface area contributed by atoms with Crippen molar-refractivity contribution in [1.29, 1.82) is 0 Å². The van der Waals surface area contributed by atoms with E-state index in [9.17, 15) is 4.79 Å². The van der Waals surface area contributed by atoms with Gasteiger partial charge in [-0.15, -0.1) is 0 Å². The molecule has 2 aromatic carbocycles. The van der Waals surface area contributed by atoms with Crippen molar-refractivity contribution in [2.45, 2.75) is 18.2 Å². The fourth-order valence-electron chi connectivity index (χ4n) is 2.87. The highest BCUT2D eigenvalue weighted by molar-refractivity contribution is 6.30. The highest BCUT2D eigenvalue weighted by Gasteiger charge is 2.49. The monoisotopic (exact) mass is 329 g/mol. The molecule has 0 saturated carbocycles. The number of urea groups is 1. The van der Waals surface area contributed by atoms with Crippen LogP contribution in [0.4, 0.5) is 16.2 Å². The van der Waals surface area contributed by atoms with Gasteiger partial charge in [0.25, 0.3) is 0 Å². The van der Waals surface area contributed by atoms with Crippen molar-refractivity contribution >= 4 is 29.0 Å². The van der Waals surface area contributed by atoms with Gasteiger partial charge in [-0.2, -0.15) is 0 Å². The van der Waals surface area contributed by atoms with Gasteiger partial charge in [-0.05, 0) is 42.0 Å². The van der Waals surface area contributed by atoms with Gasteiger partial charge in [0.05, 0.1) is 12.1 Å². The predicted molar refractivity (Wildman–Crippen MR) is 89.9 cm³/mol. The van der Waals surface area contributed by atoms with Gasteiger partial charge in [0, 0.05) is 22.9 Å². The van der Waals surface area contributed by atoms with Gasteiger partial charge in [0.15, 0.2) is 0 Å². The summed E-state index contributed by atoms with van der Waals surface area (Å²) in [5, 5.41) is 9.59. The number of anilines is 2. The molecule has 2 saturated heterocycles. The molecule has 1 unspecified atom stereocenters. The van der Waals surface area contributed by atoms with Gasteiger partial charge in [-0.3, -0.25) is 0 Å². The number of fused-ring (bicyclic) bond motifs is 1. The molecule has 0 spiro atoms. The molecule has 2 heterocycles. The summed E-state index contributed by atoms with van der Waals surface area (Å²) in [6.07, 6.45) is 0.430. The van der Waals surface area contributed by atoms with Gasteiger partial charge in [0.2, 0.25) is 0 Å². The number of nitrogens with one attached hydrogen (secondary N) is 3. The molecule has 2 fully saturated rings. The Balaban J connectivity index is 1.40. The summed E-state index contributed by atoms with van der Waals surface area (Å²) in [4.78, 5) is 12.1. The maximum Gasteiger partial charge on any atom is 0.323 e. The van der Waals surface area contributed by atoms with E-state index in [1.54, 1.807) is 24.3 Å². The third-order valence-electron chi connectivity index (χ3n) is 4.18. The van der Waals surface area contributed by atoms with Crippen molar-refractivity contribution in [3.05, 3.63) is 59.1 Å². The van der Waals surface area contributed by atoms with Crippen molar-refractivity contribution in [2.24, 2.45) is 0 Å². The fourth-order valence-corrected chi connectivity index (χ4v) is 3.00. The van der Waals surface area contributed by atoms with E-state index in [0.29, 0.717) is 22.9 Å². The quantitative estimate of drug-likeness (QED) is 0.808. The fraction of sp³-hybridized carbons (Fsp3) is 0.235. The predicted octanol–water partition coefficient (Wildman–Crippen LogP) is 3.40. The summed E-state index contributed by atoms with van der Waals surface area (Å²) in [7, 11) is 0. The van der Waals surface area contributed by atoms with Crippen LogP contribution in [0.25, 0.3) is 0 Å². The Labute approximate surface area is 139 Å². The van der Waals surface area contributed by atoms with E-state index >= 15 is 0 Å². The highest BCUT2D eigenvalue weighted by atomic mass is 35.5. The normalized spacial score (nSPS) is 24.8. The highest BCUT2D eigenvalue weighted by Crippen LogP contribution is 2.40. The Bertz CT molecular complexity index is 735. The first-order valence-electron chi connectivity index (χ1n) is 7.51. The Morgan fingerprint density at radius 3 is 2.57 bits per heavy atom. The van der Waals surface area contributed by atoms with E-state index in [1.165, 1.54) is 0 Å². The first-order chi connectivity index (χ1) is 11.2. The lowest BCUT2D eigenvalue weighted by molar-refractivity contribution is -0.202. The molecular formula is C17H16ClN3O2. The summed E-state index contributed by atoms with van der Waals surface area (Å²) in [6, 6.07) is 14.8. The Morgan fingerprint density at radius 2 is 1.91 bits per heavy atom. The zero-order valence-electron chi connectivity index (χ0n) is 12.3. The summed E-state index contributed by atoms with van der Waals surface area (Å²) in [5.74, 6) is 0. The van der Waals surface area contributed by atoms with Crippen LogP contribution in [0.5, 0.6) is 0 Å². The maximum atomic E-state index is 12.1. The Hall–Kier alpha value is -2.08. The number of hydrogen-bond donors (Lipinski definition) is 3. The molecule has 6 heteroatoms. The van der Waals surface area contributed by atoms with Crippen molar-refractivity contribution < 1.29 is 9.53 Å². The minimum atomic E-state index is -0.293. The molecule has 2 aliphatic heterocycles. The molecule has 3 atom stereocenters. The smallest absolute Gasteiger partial charge is 0.323 e. The van der Waals surface area contributed by atoms with Gasteiger partial charge in [0.1, 0.15) is 6.10 Å². The second-order valence-electron chi connectivity index (χ2n) is 5.74. The average Bonchev–Trinajstić information content (AvgIpc) is 2.52. The van der Waals surface area contributed by atoms with Crippen molar-refractivity contribution in [1.82, 2.24) is 5.32 Å². The van der Waals surface area contributed by atoms with Crippen molar-refractivity contribution in [3.8, 4) is 0 Å². The summed E-state index contributed by atoms with van der Waals surface area (Å²) >= 11 is 5.83. The minimum Gasteiger partial charge on any atom is -0.365 e. The van der Waals surface area contributed by atoms with Crippen LogP contribution < -0.4 is 16.0 Å². The van der Waals surface area contributed by atoms with E-state index in [0.717, 1.165) is 17.8 Å². The second kappa shape index (κ2) is 5.85. The number of hydrogen-bond acceptors (Lipinski definition) is 3. The van der Waals surface area contributed by atoms with E-state index in [1.807, 2.05) is 24.3 Å². The lowest BCUT2D eigenvalue weighted by Gasteiger charge is -2.53. The molecule has 2 aliphatic rings. The Kier molecular flexibility index (Phi) is 3.69. The van der Waals surface area contributed by atoms with Gasteiger partial charge in [-0.1, -0.05) is 23.7 Å². The SMILES string of the molecule is O=C(Nc1ccc(Cl)cc1)Nc1cccc([C@@H]2O[C@H]3CNC32)c1. The lowest BCUT2D eigenvalue weighted by atomic mass is 9.86. The number of amides is 2. The van der Waals surface area contributed by atoms with Gasteiger partial charge in [-0.25, -0.2) is 4.79 Å². The van der Waals surface area contributed by atoms with Crippen LogP contribution in [0.1, 0.15) is 11.7 Å². The molecule has 3 N–H and O–H groups in total. The van der Waals surface area contributed by atoms with E-state index in [-0.39, 0.29) is 12.1 Å². The zero-order valence-corrected chi connectivity index (χ0v) is 13.0. The van der Waals surface area contributed by atoms with Crippen LogP contribution in [-0.2, 0) is 4.74 Å². The molecule has 0 radical (unpaired) electrons. The van der Waals surface area contributed by atoms with Crippen LogP contribution in [-0.4, -0.2) is 24.7 Å². The topological polar surface area (TPSA) is 62.4 Å². The molecule has 23 heavy (non-hydrogen) atoms. The average molecular weight is 330 g/mol. The van der Waals surface area contributed by atoms with Crippen LogP contribution in [0.3, 0.4) is 0 Å². The number of rotatable bonds is 3. The van der Waals surface area contributed by atoms with Crippen LogP contribution in [0.2, 0.25) is 5.02 Å².